The molecule has 20 heavy (non-hydrogen) atoms. The molecule has 0 radical (unpaired) electrons. The maximum atomic E-state index is 13.3. The van der Waals surface area contributed by atoms with E-state index in [1.54, 1.807) is 0 Å². The zero-order valence-corrected chi connectivity index (χ0v) is 12.3. The van der Waals surface area contributed by atoms with Crippen LogP contribution in [0.3, 0.4) is 0 Å². The summed E-state index contributed by atoms with van der Waals surface area (Å²) in [5.74, 6) is -0.518. The van der Waals surface area contributed by atoms with Crippen LogP contribution in [0, 0.1) is 11.7 Å². The number of rotatable bonds is 7. The van der Waals surface area contributed by atoms with E-state index in [9.17, 15) is 9.18 Å². The fourth-order valence-corrected chi connectivity index (χ4v) is 1.88. The minimum Gasteiger partial charge on any atom is -0.494 e. The van der Waals surface area contributed by atoms with Crippen LogP contribution in [0.4, 0.5) is 10.1 Å². The minimum atomic E-state index is -0.449. The Morgan fingerprint density at radius 3 is 2.70 bits per heavy atom. The molecule has 0 aromatic heterocycles. The molecule has 0 aliphatic rings. The number of carbonyl (C=O) groups excluding carboxylic acids is 1. The number of ether oxygens (including phenoxy) is 1. The lowest BCUT2D eigenvalue weighted by Gasteiger charge is -2.13. The average molecular weight is 282 g/mol. The van der Waals surface area contributed by atoms with E-state index in [-0.39, 0.29) is 23.6 Å². The van der Waals surface area contributed by atoms with Gasteiger partial charge in [0.05, 0.1) is 7.11 Å². The highest BCUT2D eigenvalue weighted by Crippen LogP contribution is 2.22. The van der Waals surface area contributed by atoms with Crippen LogP contribution in [0.2, 0.25) is 0 Å². The van der Waals surface area contributed by atoms with Crippen molar-refractivity contribution in [3.8, 4) is 5.75 Å². The molecule has 2 atom stereocenters. The lowest BCUT2D eigenvalue weighted by atomic mass is 10.0. The van der Waals surface area contributed by atoms with Crippen molar-refractivity contribution >= 4 is 11.6 Å². The summed E-state index contributed by atoms with van der Waals surface area (Å²) < 4.78 is 18.1. The number of carbonyl (C=O) groups is 1. The van der Waals surface area contributed by atoms with Gasteiger partial charge in [0.1, 0.15) is 0 Å². The Hall–Kier alpha value is -1.62. The number of methoxy groups -OCH3 is 1. The van der Waals surface area contributed by atoms with Gasteiger partial charge in [-0.25, -0.2) is 4.39 Å². The molecule has 1 amide bonds. The van der Waals surface area contributed by atoms with E-state index in [2.05, 4.69) is 5.32 Å². The summed E-state index contributed by atoms with van der Waals surface area (Å²) in [6, 6.07) is 4.42. The number of nitrogens with one attached hydrogen (secondary N) is 1. The number of hydrogen-bond donors (Lipinski definition) is 2. The fraction of sp³-hybridized carbons (Fsp3) is 0.533. The third kappa shape index (κ3) is 5.17. The Morgan fingerprint density at radius 2 is 2.10 bits per heavy atom. The number of amides is 1. The van der Waals surface area contributed by atoms with Crippen molar-refractivity contribution in [2.24, 2.45) is 11.7 Å². The standard InChI is InChI=1S/C15H23FN2O2/c1-10(5-4-6-11(2)17)15(19)18-12-7-8-13(16)14(9-12)20-3/h7-11H,4-6,17H2,1-3H3,(H,18,19). The smallest absolute Gasteiger partial charge is 0.227 e. The van der Waals surface area contributed by atoms with Gasteiger partial charge in [0.15, 0.2) is 11.6 Å². The lowest BCUT2D eigenvalue weighted by molar-refractivity contribution is -0.119. The highest BCUT2D eigenvalue weighted by Gasteiger charge is 2.14. The second-order valence-electron chi connectivity index (χ2n) is 5.15. The molecule has 112 valence electrons. The predicted molar refractivity (Wildman–Crippen MR) is 78.2 cm³/mol. The van der Waals surface area contributed by atoms with Gasteiger partial charge in [-0.1, -0.05) is 13.3 Å². The number of hydrogen-bond acceptors (Lipinski definition) is 3. The molecule has 0 aliphatic heterocycles. The minimum absolute atomic E-state index is 0.0802. The normalized spacial score (nSPS) is 13.7. The SMILES string of the molecule is COc1cc(NC(=O)C(C)CCCC(C)N)ccc1F. The van der Waals surface area contributed by atoms with Crippen molar-refractivity contribution < 1.29 is 13.9 Å². The van der Waals surface area contributed by atoms with Crippen LogP contribution >= 0.6 is 0 Å². The van der Waals surface area contributed by atoms with E-state index < -0.39 is 5.82 Å². The zero-order valence-electron chi connectivity index (χ0n) is 12.3. The number of nitrogens with two attached hydrogens (primary N) is 1. The molecule has 0 saturated heterocycles. The molecular formula is C15H23FN2O2. The van der Waals surface area contributed by atoms with Gasteiger partial charge in [0.25, 0.3) is 0 Å². The summed E-state index contributed by atoms with van der Waals surface area (Å²) in [6.45, 7) is 3.83. The van der Waals surface area contributed by atoms with Crippen LogP contribution < -0.4 is 15.8 Å². The first kappa shape index (κ1) is 16.4. The van der Waals surface area contributed by atoms with Crippen molar-refractivity contribution in [2.45, 2.75) is 39.2 Å². The fourth-order valence-electron chi connectivity index (χ4n) is 1.88. The lowest BCUT2D eigenvalue weighted by Crippen LogP contribution is -2.21. The average Bonchev–Trinajstić information content (AvgIpc) is 2.40. The monoisotopic (exact) mass is 282 g/mol. The molecule has 0 saturated carbocycles. The molecule has 4 nitrogen and oxygen atoms in total. The second kappa shape index (κ2) is 7.85. The first-order chi connectivity index (χ1) is 9.43. The van der Waals surface area contributed by atoms with Gasteiger partial charge in [0.2, 0.25) is 5.91 Å². The summed E-state index contributed by atoms with van der Waals surface area (Å²) in [5.41, 5.74) is 6.21. The highest BCUT2D eigenvalue weighted by molar-refractivity contribution is 5.92. The van der Waals surface area contributed by atoms with Gasteiger partial charge in [-0.2, -0.15) is 0 Å². The summed E-state index contributed by atoms with van der Waals surface area (Å²) >= 11 is 0. The quantitative estimate of drug-likeness (QED) is 0.808. The molecule has 2 unspecified atom stereocenters. The van der Waals surface area contributed by atoms with Gasteiger partial charge in [-0.05, 0) is 31.9 Å². The van der Waals surface area contributed by atoms with E-state index in [0.717, 1.165) is 19.3 Å². The highest BCUT2D eigenvalue weighted by atomic mass is 19.1. The third-order valence-electron chi connectivity index (χ3n) is 3.16. The first-order valence-electron chi connectivity index (χ1n) is 6.84. The maximum absolute atomic E-state index is 13.3. The Bertz CT molecular complexity index is 449. The Labute approximate surface area is 119 Å². The van der Waals surface area contributed by atoms with Gasteiger partial charge in [-0.15, -0.1) is 0 Å². The molecule has 0 heterocycles. The van der Waals surface area contributed by atoms with Crippen LogP contribution in [0.1, 0.15) is 33.1 Å². The van der Waals surface area contributed by atoms with Crippen molar-refractivity contribution in [1.82, 2.24) is 0 Å². The molecule has 0 fully saturated rings. The Kier molecular flexibility index (Phi) is 6.45. The zero-order chi connectivity index (χ0) is 15.1. The van der Waals surface area contributed by atoms with E-state index in [0.29, 0.717) is 5.69 Å². The molecule has 1 aromatic carbocycles. The van der Waals surface area contributed by atoms with Crippen LogP contribution in [0.5, 0.6) is 5.75 Å². The molecule has 5 heteroatoms. The van der Waals surface area contributed by atoms with Crippen LogP contribution in [0.15, 0.2) is 18.2 Å². The largest absolute Gasteiger partial charge is 0.494 e. The van der Waals surface area contributed by atoms with E-state index in [1.807, 2.05) is 13.8 Å². The van der Waals surface area contributed by atoms with Gasteiger partial charge >= 0.3 is 0 Å². The summed E-state index contributed by atoms with van der Waals surface area (Å²) in [5, 5.41) is 2.76. The van der Waals surface area contributed by atoms with Crippen LogP contribution in [-0.2, 0) is 4.79 Å². The van der Waals surface area contributed by atoms with Crippen LogP contribution in [0.25, 0.3) is 0 Å². The second-order valence-corrected chi connectivity index (χ2v) is 5.15. The Morgan fingerprint density at radius 1 is 1.40 bits per heavy atom. The maximum Gasteiger partial charge on any atom is 0.227 e. The van der Waals surface area contributed by atoms with Crippen molar-refractivity contribution in [3.63, 3.8) is 0 Å². The number of benzene rings is 1. The van der Waals surface area contributed by atoms with Crippen molar-refractivity contribution in [1.29, 1.82) is 0 Å². The van der Waals surface area contributed by atoms with Crippen molar-refractivity contribution in [2.75, 3.05) is 12.4 Å². The molecular weight excluding hydrogens is 259 g/mol. The topological polar surface area (TPSA) is 64.3 Å². The van der Waals surface area contributed by atoms with E-state index in [4.69, 9.17) is 10.5 Å². The predicted octanol–water partition coefficient (Wildman–Crippen LogP) is 2.93. The third-order valence-corrected chi connectivity index (χ3v) is 3.16. The van der Waals surface area contributed by atoms with Gasteiger partial charge < -0.3 is 15.8 Å². The summed E-state index contributed by atoms with van der Waals surface area (Å²) in [6.07, 6.45) is 2.60. The number of halogens is 1. The Balaban J connectivity index is 2.52. The molecule has 1 aromatic rings. The van der Waals surface area contributed by atoms with Crippen molar-refractivity contribution in [3.05, 3.63) is 24.0 Å². The summed E-state index contributed by atoms with van der Waals surface area (Å²) in [7, 11) is 1.39. The van der Waals surface area contributed by atoms with Gasteiger partial charge in [-0.3, -0.25) is 4.79 Å². The molecule has 0 spiro atoms. The van der Waals surface area contributed by atoms with Crippen LogP contribution in [-0.4, -0.2) is 19.1 Å². The molecule has 3 N–H and O–H groups in total. The van der Waals surface area contributed by atoms with Gasteiger partial charge in [0, 0.05) is 23.7 Å². The first-order valence-corrected chi connectivity index (χ1v) is 6.84. The molecule has 0 bridgehead atoms. The van der Waals surface area contributed by atoms with E-state index in [1.165, 1.54) is 25.3 Å². The molecule has 0 aliphatic carbocycles. The number of anilines is 1. The summed E-state index contributed by atoms with van der Waals surface area (Å²) in [4.78, 5) is 12.0. The van der Waals surface area contributed by atoms with E-state index >= 15 is 0 Å². The molecule has 1 rings (SSSR count).